The van der Waals surface area contributed by atoms with Gasteiger partial charge in [-0.2, -0.15) is 19.7 Å². The van der Waals surface area contributed by atoms with E-state index in [1.807, 2.05) is 31.3 Å². The first-order valence-corrected chi connectivity index (χ1v) is 21.3. The third-order valence-corrected chi connectivity index (χ3v) is 12.7. The molecule has 2 aromatic carbocycles. The summed E-state index contributed by atoms with van der Waals surface area (Å²) in [5, 5.41) is 22.1. The number of amides is 3. The zero-order valence-electron chi connectivity index (χ0n) is 33.8. The number of H-pyrrole nitrogens is 1. The van der Waals surface area contributed by atoms with Crippen molar-refractivity contribution in [1.82, 2.24) is 54.1 Å². The number of hydrogen-bond donors (Lipinski definition) is 3. The molecule has 3 saturated heterocycles. The number of nitrogens with one attached hydrogen (secondary N) is 3. The van der Waals surface area contributed by atoms with Crippen molar-refractivity contribution in [1.29, 1.82) is 0 Å². The zero-order valence-corrected chi connectivity index (χ0v) is 34.7. The van der Waals surface area contributed by atoms with Gasteiger partial charge >= 0.3 is 6.03 Å². The maximum Gasteiger partial charge on any atom is 0.329 e. The standard InChI is InChI=1S/C40H47FN14O4S/c1-24(2)59-36-35(27-18-43-44-19-27)42-23-55-38(36)47-39(49-55)45-32-10-8-29(17-31(32)41)60(58)52-12-5-6-26(22-52)21-51-14-15-53(25(3)20-51)28-7-9-30-33(16-28)50(4)48-37(30)54-13-11-34(56)46-40(54)57/h7-10,16-19,23-26H,5-6,11-15,20-22H2,1-4H3,(H,43,44)(H,45,49)(H,46,56,57). The van der Waals surface area contributed by atoms with E-state index in [1.54, 1.807) is 29.2 Å². The SMILES string of the molecule is CC(C)Oc1c(-c2cn[nH]c2)ncn2nc(Nc3ccc(S(=O)N4CCCC(CN5CCN(c6ccc7c(N8CCC(=O)NC8=O)nn(C)c7c6)C(C)C5)C4)cc3F)nc12. The monoisotopic (exact) mass is 838 g/mol. The predicted molar refractivity (Wildman–Crippen MR) is 224 cm³/mol. The van der Waals surface area contributed by atoms with Crippen LogP contribution in [0.25, 0.3) is 27.8 Å². The van der Waals surface area contributed by atoms with E-state index in [0.717, 1.165) is 61.2 Å². The molecule has 3 N–H and O–H groups in total. The fraction of sp³-hybridized carbons (Fsp3) is 0.425. The minimum absolute atomic E-state index is 0.154. The molecule has 18 nitrogen and oxygen atoms in total. The third kappa shape index (κ3) is 7.77. The van der Waals surface area contributed by atoms with Gasteiger partial charge in [-0.15, -0.1) is 5.10 Å². The van der Waals surface area contributed by atoms with Crippen molar-refractivity contribution in [3.05, 3.63) is 60.9 Å². The van der Waals surface area contributed by atoms with E-state index < -0.39 is 22.8 Å². The Hall–Kier alpha value is -5.99. The number of halogens is 1. The molecule has 4 aromatic heterocycles. The molecule has 0 spiro atoms. The normalized spacial score (nSPS) is 20.0. The Bertz CT molecular complexity index is 2600. The second-order valence-electron chi connectivity index (χ2n) is 15.9. The number of fused-ring (bicyclic) bond motifs is 2. The molecule has 314 valence electrons. The van der Waals surface area contributed by atoms with Crippen LogP contribution in [0.2, 0.25) is 0 Å². The van der Waals surface area contributed by atoms with E-state index in [2.05, 4.69) is 69.9 Å². The lowest BCUT2D eigenvalue weighted by atomic mass is 9.98. The van der Waals surface area contributed by atoms with Crippen LogP contribution in [0.15, 0.2) is 60.0 Å². The van der Waals surface area contributed by atoms with Crippen molar-refractivity contribution in [2.24, 2.45) is 13.0 Å². The van der Waals surface area contributed by atoms with Crippen LogP contribution < -0.4 is 25.2 Å². The first kappa shape index (κ1) is 39.5. The van der Waals surface area contributed by atoms with Crippen LogP contribution >= 0.6 is 0 Å². The van der Waals surface area contributed by atoms with Gasteiger partial charge in [0.1, 0.15) is 28.8 Å². The average molecular weight is 839 g/mol. The quantitative estimate of drug-likeness (QED) is 0.167. The Morgan fingerprint density at radius 1 is 1.07 bits per heavy atom. The van der Waals surface area contributed by atoms with Crippen LogP contribution in [-0.2, 0) is 22.8 Å². The average Bonchev–Trinajstić information content (AvgIpc) is 3.98. The fourth-order valence-electron chi connectivity index (χ4n) is 8.44. The number of carbonyl (C=O) groups is 2. The predicted octanol–water partition coefficient (Wildman–Crippen LogP) is 4.46. The second-order valence-corrected chi connectivity index (χ2v) is 17.4. The number of urea groups is 1. The molecule has 0 aliphatic carbocycles. The molecule has 0 saturated carbocycles. The minimum atomic E-state index is -1.53. The van der Waals surface area contributed by atoms with Crippen molar-refractivity contribution in [2.45, 2.75) is 57.1 Å². The number of nitrogens with zero attached hydrogens (tertiary/aromatic N) is 11. The van der Waals surface area contributed by atoms with E-state index >= 15 is 4.39 Å². The Balaban J connectivity index is 0.817. The molecule has 3 unspecified atom stereocenters. The number of anilines is 4. The largest absolute Gasteiger partial charge is 0.485 e. The summed E-state index contributed by atoms with van der Waals surface area (Å²) in [6, 6.07) is 10.6. The first-order valence-electron chi connectivity index (χ1n) is 20.2. The van der Waals surface area contributed by atoms with E-state index in [1.165, 1.54) is 21.8 Å². The Morgan fingerprint density at radius 2 is 1.93 bits per heavy atom. The zero-order chi connectivity index (χ0) is 41.7. The van der Waals surface area contributed by atoms with Crippen LogP contribution in [0.4, 0.5) is 32.3 Å². The van der Waals surface area contributed by atoms with Gasteiger partial charge in [0.2, 0.25) is 17.5 Å². The number of piperidine rings is 1. The summed E-state index contributed by atoms with van der Waals surface area (Å²) in [4.78, 5) is 40.2. The van der Waals surface area contributed by atoms with E-state index in [4.69, 9.17) is 4.74 Å². The highest BCUT2D eigenvalue weighted by Crippen LogP contribution is 2.34. The summed E-state index contributed by atoms with van der Waals surface area (Å²) >= 11 is 0. The molecule has 0 radical (unpaired) electrons. The van der Waals surface area contributed by atoms with Gasteiger partial charge in [0.25, 0.3) is 0 Å². The Morgan fingerprint density at radius 3 is 2.70 bits per heavy atom. The molecule has 3 aliphatic rings. The van der Waals surface area contributed by atoms with E-state index in [0.29, 0.717) is 53.4 Å². The van der Waals surface area contributed by atoms with Gasteiger partial charge in [-0.3, -0.25) is 29.7 Å². The number of imide groups is 1. The van der Waals surface area contributed by atoms with Crippen molar-refractivity contribution < 1.29 is 22.9 Å². The van der Waals surface area contributed by atoms with Gasteiger partial charge < -0.3 is 15.0 Å². The Labute approximate surface area is 347 Å². The molecule has 6 aromatic rings. The van der Waals surface area contributed by atoms with Gasteiger partial charge in [-0.05, 0) is 75.9 Å². The van der Waals surface area contributed by atoms with Crippen molar-refractivity contribution in [2.75, 3.05) is 60.9 Å². The minimum Gasteiger partial charge on any atom is -0.485 e. The maximum atomic E-state index is 15.6. The highest BCUT2D eigenvalue weighted by Gasteiger charge is 2.32. The number of ether oxygens (including phenoxy) is 1. The number of hydrogen-bond acceptors (Lipinski definition) is 12. The number of aromatic nitrogens is 8. The molecule has 3 aliphatic heterocycles. The van der Waals surface area contributed by atoms with Crippen molar-refractivity contribution >= 4 is 62.6 Å². The summed E-state index contributed by atoms with van der Waals surface area (Å²) in [6.45, 7) is 11.2. The summed E-state index contributed by atoms with van der Waals surface area (Å²) < 4.78 is 40.8. The molecular formula is C40H47FN14O4S. The maximum absolute atomic E-state index is 15.6. The number of rotatable bonds is 11. The van der Waals surface area contributed by atoms with E-state index in [9.17, 15) is 13.8 Å². The van der Waals surface area contributed by atoms with Gasteiger partial charge in [0, 0.05) is 88.2 Å². The summed E-state index contributed by atoms with van der Waals surface area (Å²) in [6.07, 6.45) is 6.90. The third-order valence-electron chi connectivity index (χ3n) is 11.3. The number of carbonyl (C=O) groups excluding carboxylic acids is 2. The molecular weight excluding hydrogens is 792 g/mol. The lowest BCUT2D eigenvalue weighted by Crippen LogP contribution is -2.54. The lowest BCUT2D eigenvalue weighted by Gasteiger charge is -2.43. The summed E-state index contributed by atoms with van der Waals surface area (Å²) in [5.74, 6) is 0.623. The molecule has 3 atom stereocenters. The fourth-order valence-corrected chi connectivity index (χ4v) is 9.77. The second kappa shape index (κ2) is 16.2. The lowest BCUT2D eigenvalue weighted by molar-refractivity contribution is -0.120. The first-order chi connectivity index (χ1) is 29.0. The van der Waals surface area contributed by atoms with Gasteiger partial charge in [-0.1, -0.05) is 0 Å². The van der Waals surface area contributed by atoms with Crippen molar-refractivity contribution in [3.8, 4) is 17.0 Å². The number of aryl methyl sites for hydroxylation is 1. The van der Waals surface area contributed by atoms with Crippen LogP contribution in [0.5, 0.6) is 5.75 Å². The van der Waals surface area contributed by atoms with Gasteiger partial charge in [0.05, 0.1) is 28.4 Å². The number of piperazine rings is 1. The Kier molecular flexibility index (Phi) is 10.7. The van der Waals surface area contributed by atoms with Crippen LogP contribution in [0, 0.1) is 11.7 Å². The molecule has 3 amide bonds. The molecule has 20 heteroatoms. The number of benzene rings is 2. The highest BCUT2D eigenvalue weighted by atomic mass is 32.2. The molecule has 7 heterocycles. The molecule has 0 bridgehead atoms. The number of aromatic amines is 1. The van der Waals surface area contributed by atoms with Crippen LogP contribution in [0.1, 0.15) is 40.0 Å². The van der Waals surface area contributed by atoms with Crippen LogP contribution in [-0.4, -0.2) is 123 Å². The topological polar surface area (TPSA) is 187 Å². The highest BCUT2D eigenvalue weighted by molar-refractivity contribution is 7.82. The van der Waals surface area contributed by atoms with Gasteiger partial charge in [-0.25, -0.2) is 22.7 Å². The molecule has 60 heavy (non-hydrogen) atoms. The van der Waals surface area contributed by atoms with E-state index in [-0.39, 0.29) is 36.1 Å². The summed E-state index contributed by atoms with van der Waals surface area (Å²) in [7, 11) is 0.335. The smallest absolute Gasteiger partial charge is 0.329 e. The molecule has 3 fully saturated rings. The van der Waals surface area contributed by atoms with Crippen molar-refractivity contribution in [3.63, 3.8) is 0 Å². The molecule has 9 rings (SSSR count). The van der Waals surface area contributed by atoms with Crippen LogP contribution in [0.3, 0.4) is 0 Å². The summed E-state index contributed by atoms with van der Waals surface area (Å²) in [5.41, 5.74) is 3.86. The van der Waals surface area contributed by atoms with Gasteiger partial charge in [0.15, 0.2) is 11.6 Å².